The van der Waals surface area contributed by atoms with E-state index in [4.69, 9.17) is 4.74 Å². The van der Waals surface area contributed by atoms with Crippen LogP contribution in [0.2, 0.25) is 0 Å². The maximum atomic E-state index is 13.5. The zero-order valence-corrected chi connectivity index (χ0v) is 14.7. The fraction of sp³-hybridized carbons (Fsp3) is 0.316. The number of nitrogens with zero attached hydrogens (tertiary/aromatic N) is 2. The maximum absolute atomic E-state index is 13.5. The largest absolute Gasteiger partial charge is 0.481 e. The van der Waals surface area contributed by atoms with Crippen molar-refractivity contribution in [2.24, 2.45) is 0 Å². The van der Waals surface area contributed by atoms with E-state index in [0.29, 0.717) is 37.9 Å². The first kappa shape index (κ1) is 19.9. The van der Waals surface area contributed by atoms with Crippen molar-refractivity contribution in [2.75, 3.05) is 37.7 Å². The van der Waals surface area contributed by atoms with Crippen molar-refractivity contribution in [3.05, 3.63) is 59.7 Å². The van der Waals surface area contributed by atoms with Gasteiger partial charge in [0.1, 0.15) is 5.82 Å². The van der Waals surface area contributed by atoms with Crippen molar-refractivity contribution in [2.45, 2.75) is 6.18 Å². The molecule has 2 aromatic rings. The molecular weight excluding hydrogens is 383 g/mol. The average Bonchev–Trinajstić information content (AvgIpc) is 2.67. The maximum Gasteiger partial charge on any atom is 0.416 e. The molecule has 0 radical (unpaired) electrons. The average molecular weight is 400 g/mol. The lowest BCUT2D eigenvalue weighted by Gasteiger charge is -2.36. The van der Waals surface area contributed by atoms with Crippen LogP contribution in [0.5, 0.6) is 5.75 Å². The molecule has 9 heteroatoms. The van der Waals surface area contributed by atoms with Crippen LogP contribution >= 0.6 is 0 Å². The Morgan fingerprint density at radius 1 is 1.00 bits per heavy atom. The second-order valence-electron chi connectivity index (χ2n) is 6.28. The summed E-state index contributed by atoms with van der Waals surface area (Å²) in [6.07, 6.45) is -4.42. The van der Waals surface area contributed by atoms with Crippen molar-refractivity contribution >= 4 is 11.6 Å². The molecule has 28 heavy (non-hydrogen) atoms. The van der Waals surface area contributed by atoms with E-state index in [1.165, 1.54) is 11.0 Å². The molecular formula is C19H17F5N2O2. The Balaban J connectivity index is 1.54. The van der Waals surface area contributed by atoms with Crippen LogP contribution in [0.1, 0.15) is 5.56 Å². The van der Waals surface area contributed by atoms with Gasteiger partial charge in [-0.3, -0.25) is 4.79 Å². The van der Waals surface area contributed by atoms with E-state index in [-0.39, 0.29) is 11.7 Å². The molecule has 1 aliphatic rings. The number of benzene rings is 2. The van der Waals surface area contributed by atoms with E-state index in [0.717, 1.165) is 24.3 Å². The molecule has 150 valence electrons. The SMILES string of the molecule is O=C(COc1ccc(F)cc1F)N1CCN(c2cccc(C(F)(F)F)c2)CC1. The van der Waals surface area contributed by atoms with Crippen molar-refractivity contribution < 1.29 is 31.5 Å². The predicted molar refractivity (Wildman–Crippen MR) is 92.1 cm³/mol. The molecule has 0 saturated carbocycles. The fourth-order valence-electron chi connectivity index (χ4n) is 2.92. The van der Waals surface area contributed by atoms with Crippen LogP contribution in [0.4, 0.5) is 27.6 Å². The molecule has 0 N–H and O–H groups in total. The molecule has 0 aromatic heterocycles. The number of carbonyl (C=O) groups is 1. The number of amides is 1. The number of ether oxygens (including phenoxy) is 1. The van der Waals surface area contributed by atoms with Gasteiger partial charge in [0.15, 0.2) is 18.2 Å². The third-order valence-electron chi connectivity index (χ3n) is 4.42. The Kier molecular flexibility index (Phi) is 5.71. The van der Waals surface area contributed by atoms with E-state index in [2.05, 4.69) is 0 Å². The molecule has 1 amide bonds. The minimum atomic E-state index is -4.42. The highest BCUT2D eigenvalue weighted by molar-refractivity contribution is 5.78. The number of rotatable bonds is 4. The number of carbonyl (C=O) groups excluding carboxylic acids is 1. The summed E-state index contributed by atoms with van der Waals surface area (Å²) in [5.41, 5.74) is -0.287. The van der Waals surface area contributed by atoms with Gasteiger partial charge in [-0.05, 0) is 30.3 Å². The zero-order chi connectivity index (χ0) is 20.3. The summed E-state index contributed by atoms with van der Waals surface area (Å²) in [6.45, 7) is 0.900. The smallest absolute Gasteiger partial charge is 0.416 e. The van der Waals surface area contributed by atoms with Crippen LogP contribution in [-0.2, 0) is 11.0 Å². The number of alkyl halides is 3. The van der Waals surface area contributed by atoms with E-state index < -0.39 is 30.0 Å². The van der Waals surface area contributed by atoms with Crippen LogP contribution < -0.4 is 9.64 Å². The molecule has 1 fully saturated rings. The monoisotopic (exact) mass is 400 g/mol. The second-order valence-corrected chi connectivity index (χ2v) is 6.28. The molecule has 2 aromatic carbocycles. The van der Waals surface area contributed by atoms with Crippen molar-refractivity contribution in [1.82, 2.24) is 4.90 Å². The van der Waals surface area contributed by atoms with Gasteiger partial charge in [0, 0.05) is 37.9 Å². The number of halogens is 5. The summed E-state index contributed by atoms with van der Waals surface area (Å²) in [5, 5.41) is 0. The van der Waals surface area contributed by atoms with Gasteiger partial charge in [-0.25, -0.2) is 8.78 Å². The topological polar surface area (TPSA) is 32.8 Å². The normalized spacial score (nSPS) is 14.9. The summed E-state index contributed by atoms with van der Waals surface area (Å²) < 4.78 is 70.0. The van der Waals surface area contributed by atoms with Gasteiger partial charge in [-0.15, -0.1) is 0 Å². The molecule has 1 saturated heterocycles. The highest BCUT2D eigenvalue weighted by atomic mass is 19.4. The summed E-state index contributed by atoms with van der Waals surface area (Å²) in [6, 6.07) is 7.81. The lowest BCUT2D eigenvalue weighted by Crippen LogP contribution is -2.50. The van der Waals surface area contributed by atoms with E-state index in [1.807, 2.05) is 0 Å². The van der Waals surface area contributed by atoms with Gasteiger partial charge in [-0.2, -0.15) is 13.2 Å². The van der Waals surface area contributed by atoms with Crippen molar-refractivity contribution in [3.63, 3.8) is 0 Å². The molecule has 3 rings (SSSR count). The number of hydrogen-bond donors (Lipinski definition) is 0. The van der Waals surface area contributed by atoms with Crippen LogP contribution in [0, 0.1) is 11.6 Å². The Hall–Kier alpha value is -2.84. The Morgan fingerprint density at radius 2 is 1.71 bits per heavy atom. The molecule has 1 heterocycles. The van der Waals surface area contributed by atoms with Crippen LogP contribution in [0.25, 0.3) is 0 Å². The van der Waals surface area contributed by atoms with Crippen LogP contribution in [0.3, 0.4) is 0 Å². The molecule has 4 nitrogen and oxygen atoms in total. The van der Waals surface area contributed by atoms with Gasteiger partial charge < -0.3 is 14.5 Å². The lowest BCUT2D eigenvalue weighted by molar-refractivity contribution is -0.137. The number of piperazine rings is 1. The van der Waals surface area contributed by atoms with Gasteiger partial charge in [-0.1, -0.05) is 6.07 Å². The minimum absolute atomic E-state index is 0.225. The first-order valence-corrected chi connectivity index (χ1v) is 8.52. The van der Waals surface area contributed by atoms with Gasteiger partial charge in [0.05, 0.1) is 5.56 Å². The van der Waals surface area contributed by atoms with Crippen LogP contribution in [-0.4, -0.2) is 43.6 Å². The highest BCUT2D eigenvalue weighted by Gasteiger charge is 2.31. The standard InChI is InChI=1S/C19H17F5N2O2/c20-14-4-5-17(16(21)11-14)28-12-18(27)26-8-6-25(7-9-26)15-3-1-2-13(10-15)19(22,23)24/h1-5,10-11H,6-9,12H2. The van der Waals surface area contributed by atoms with Crippen LogP contribution in [0.15, 0.2) is 42.5 Å². The Bertz CT molecular complexity index is 848. The second kappa shape index (κ2) is 8.04. The Morgan fingerprint density at radius 3 is 2.36 bits per heavy atom. The van der Waals surface area contributed by atoms with Crippen molar-refractivity contribution in [3.8, 4) is 5.75 Å². The molecule has 0 aliphatic carbocycles. The number of anilines is 1. The van der Waals surface area contributed by atoms with E-state index in [1.54, 1.807) is 11.0 Å². The first-order valence-electron chi connectivity index (χ1n) is 8.52. The quantitative estimate of drug-likeness (QED) is 0.734. The zero-order valence-electron chi connectivity index (χ0n) is 14.7. The summed E-state index contributed by atoms with van der Waals surface area (Å²) in [5.74, 6) is -2.26. The molecule has 0 unspecified atom stereocenters. The predicted octanol–water partition coefficient (Wildman–Crippen LogP) is 3.71. The number of hydrogen-bond acceptors (Lipinski definition) is 3. The summed E-state index contributed by atoms with van der Waals surface area (Å²) >= 11 is 0. The fourth-order valence-corrected chi connectivity index (χ4v) is 2.92. The lowest BCUT2D eigenvalue weighted by atomic mass is 10.1. The summed E-state index contributed by atoms with van der Waals surface area (Å²) in [7, 11) is 0. The van der Waals surface area contributed by atoms with Gasteiger partial charge >= 0.3 is 6.18 Å². The van der Waals surface area contributed by atoms with E-state index in [9.17, 15) is 26.7 Å². The van der Waals surface area contributed by atoms with Crippen molar-refractivity contribution in [1.29, 1.82) is 0 Å². The van der Waals surface area contributed by atoms with Gasteiger partial charge in [0.25, 0.3) is 5.91 Å². The molecule has 0 atom stereocenters. The first-order chi connectivity index (χ1) is 13.2. The third kappa shape index (κ3) is 4.71. The third-order valence-corrected chi connectivity index (χ3v) is 4.42. The molecule has 0 spiro atoms. The molecule has 0 bridgehead atoms. The van der Waals surface area contributed by atoms with Gasteiger partial charge in [0.2, 0.25) is 0 Å². The van der Waals surface area contributed by atoms with E-state index >= 15 is 0 Å². The molecule has 1 aliphatic heterocycles. The Labute approximate surface area is 158 Å². The highest BCUT2D eigenvalue weighted by Crippen LogP contribution is 2.31. The minimum Gasteiger partial charge on any atom is -0.481 e. The summed E-state index contributed by atoms with van der Waals surface area (Å²) in [4.78, 5) is 15.5.